The van der Waals surface area contributed by atoms with Crippen LogP contribution in [0.25, 0.3) is 0 Å². The number of halogens is 3. The van der Waals surface area contributed by atoms with E-state index < -0.39 is 23.4 Å². The third-order valence-corrected chi connectivity index (χ3v) is 3.78. The largest absolute Gasteiger partial charge is 0.446 e. The van der Waals surface area contributed by atoms with Gasteiger partial charge in [0.2, 0.25) is 5.91 Å². The maximum Gasteiger partial charge on any atom is 0.446 e. The Bertz CT molecular complexity index is 718. The van der Waals surface area contributed by atoms with Crippen LogP contribution in [0.2, 0.25) is 0 Å². The summed E-state index contributed by atoms with van der Waals surface area (Å²) in [5, 5.41) is 2.47. The fourth-order valence-corrected chi connectivity index (χ4v) is 2.53. The van der Waals surface area contributed by atoms with Gasteiger partial charge >= 0.3 is 5.51 Å². The third kappa shape index (κ3) is 5.02. The molecular weight excluding hydrogens is 341 g/mol. The van der Waals surface area contributed by atoms with Crippen molar-refractivity contribution in [1.82, 2.24) is 5.32 Å². The molecule has 2 aromatic carbocycles. The molecule has 0 saturated carbocycles. The fraction of sp³-hybridized carbons (Fsp3) is 0.125. The number of nitrogens with one attached hydrogen (secondary N) is 1. The normalized spacial score (nSPS) is 12.5. The zero-order valence-corrected chi connectivity index (χ0v) is 13.0. The van der Waals surface area contributed by atoms with Gasteiger partial charge in [0.1, 0.15) is 6.04 Å². The summed E-state index contributed by atoms with van der Waals surface area (Å²) in [7, 11) is 0. The topological polar surface area (TPSA) is 72.2 Å². The van der Waals surface area contributed by atoms with E-state index in [1.165, 1.54) is 24.3 Å². The molecule has 24 heavy (non-hydrogen) atoms. The number of carbonyl (C=O) groups is 2. The van der Waals surface area contributed by atoms with Crippen LogP contribution in [0.15, 0.2) is 59.5 Å². The summed E-state index contributed by atoms with van der Waals surface area (Å²) >= 11 is -0.269. The number of nitrogens with two attached hydrogens (primary N) is 1. The highest BCUT2D eigenvalue weighted by atomic mass is 32.2. The van der Waals surface area contributed by atoms with Gasteiger partial charge in [0.25, 0.3) is 5.91 Å². The van der Waals surface area contributed by atoms with Gasteiger partial charge in [0.05, 0.1) is 0 Å². The Morgan fingerprint density at radius 2 is 1.58 bits per heavy atom. The van der Waals surface area contributed by atoms with Crippen molar-refractivity contribution in [2.24, 2.45) is 5.73 Å². The highest BCUT2D eigenvalue weighted by molar-refractivity contribution is 8.00. The van der Waals surface area contributed by atoms with Gasteiger partial charge in [-0.1, -0.05) is 30.3 Å². The molecule has 0 aliphatic rings. The van der Waals surface area contributed by atoms with Gasteiger partial charge in [-0.2, -0.15) is 13.2 Å². The quantitative estimate of drug-likeness (QED) is 0.810. The Morgan fingerprint density at radius 1 is 1.00 bits per heavy atom. The highest BCUT2D eigenvalue weighted by Crippen LogP contribution is 2.36. The number of amides is 2. The lowest BCUT2D eigenvalue weighted by atomic mass is 10.1. The molecule has 8 heteroatoms. The van der Waals surface area contributed by atoms with Crippen molar-refractivity contribution >= 4 is 23.6 Å². The Kier molecular flexibility index (Phi) is 5.50. The van der Waals surface area contributed by atoms with Crippen LogP contribution in [-0.2, 0) is 4.79 Å². The van der Waals surface area contributed by atoms with Gasteiger partial charge in [0, 0.05) is 10.5 Å². The van der Waals surface area contributed by atoms with Crippen LogP contribution in [-0.4, -0.2) is 17.3 Å². The Labute approximate surface area is 140 Å². The lowest BCUT2D eigenvalue weighted by Gasteiger charge is -2.16. The van der Waals surface area contributed by atoms with E-state index in [4.69, 9.17) is 5.73 Å². The summed E-state index contributed by atoms with van der Waals surface area (Å²) in [6, 6.07) is 12.3. The monoisotopic (exact) mass is 354 g/mol. The second-order valence-corrected chi connectivity index (χ2v) is 5.93. The molecule has 2 amide bonds. The van der Waals surface area contributed by atoms with E-state index >= 15 is 0 Å². The van der Waals surface area contributed by atoms with E-state index in [1.54, 1.807) is 30.3 Å². The van der Waals surface area contributed by atoms with Gasteiger partial charge in [-0.25, -0.2) is 0 Å². The van der Waals surface area contributed by atoms with Crippen LogP contribution in [0.1, 0.15) is 22.0 Å². The Balaban J connectivity index is 2.12. The van der Waals surface area contributed by atoms with Crippen LogP contribution >= 0.6 is 11.8 Å². The molecule has 126 valence electrons. The molecule has 0 aliphatic carbocycles. The van der Waals surface area contributed by atoms with E-state index in [1.807, 2.05) is 0 Å². The lowest BCUT2D eigenvalue weighted by Crippen LogP contribution is -2.37. The minimum absolute atomic E-state index is 0.0337. The molecule has 1 atom stereocenters. The highest BCUT2D eigenvalue weighted by Gasteiger charge is 2.29. The van der Waals surface area contributed by atoms with E-state index in [0.717, 1.165) is 0 Å². The number of primary amides is 1. The predicted molar refractivity (Wildman–Crippen MR) is 84.2 cm³/mol. The molecule has 2 rings (SSSR count). The zero-order chi connectivity index (χ0) is 17.7. The minimum Gasteiger partial charge on any atom is -0.368 e. The number of hydrogen-bond donors (Lipinski definition) is 2. The Hall–Kier alpha value is -2.48. The number of alkyl halides is 3. The summed E-state index contributed by atoms with van der Waals surface area (Å²) in [5.74, 6) is -1.34. The average molecular weight is 354 g/mol. The van der Waals surface area contributed by atoms with Crippen LogP contribution in [0.5, 0.6) is 0 Å². The molecule has 0 radical (unpaired) electrons. The van der Waals surface area contributed by atoms with Gasteiger partial charge in [-0.15, -0.1) is 0 Å². The molecule has 0 heterocycles. The molecule has 0 saturated heterocycles. The van der Waals surface area contributed by atoms with Crippen molar-refractivity contribution < 1.29 is 22.8 Å². The molecule has 2 aromatic rings. The molecule has 0 spiro atoms. The molecular formula is C16H13F3N2O2S. The molecule has 0 aromatic heterocycles. The molecule has 4 nitrogen and oxygen atoms in total. The summed E-state index contributed by atoms with van der Waals surface area (Å²) in [6.45, 7) is 0. The maximum absolute atomic E-state index is 12.3. The first-order chi connectivity index (χ1) is 11.3. The molecule has 3 N–H and O–H groups in total. The van der Waals surface area contributed by atoms with Crippen LogP contribution in [0.3, 0.4) is 0 Å². The van der Waals surface area contributed by atoms with E-state index in [-0.39, 0.29) is 22.2 Å². The molecule has 0 fully saturated rings. The second kappa shape index (κ2) is 7.39. The molecule has 1 unspecified atom stereocenters. The van der Waals surface area contributed by atoms with Crippen LogP contribution < -0.4 is 11.1 Å². The van der Waals surface area contributed by atoms with Crippen LogP contribution in [0.4, 0.5) is 13.2 Å². The summed E-state index contributed by atoms with van der Waals surface area (Å²) in [6.07, 6.45) is 0. The first kappa shape index (κ1) is 17.9. The summed E-state index contributed by atoms with van der Waals surface area (Å²) in [4.78, 5) is 23.7. The zero-order valence-electron chi connectivity index (χ0n) is 12.2. The molecule has 0 bridgehead atoms. The van der Waals surface area contributed by atoms with Gasteiger partial charge in [-0.3, -0.25) is 9.59 Å². The van der Waals surface area contributed by atoms with E-state index in [2.05, 4.69) is 5.32 Å². The lowest BCUT2D eigenvalue weighted by molar-refractivity contribution is -0.120. The van der Waals surface area contributed by atoms with Crippen LogP contribution in [0, 0.1) is 0 Å². The molecule has 0 aliphatic heterocycles. The first-order valence-electron chi connectivity index (χ1n) is 6.77. The van der Waals surface area contributed by atoms with Gasteiger partial charge in [0.15, 0.2) is 0 Å². The standard InChI is InChI=1S/C16H13F3N2O2S/c17-16(18,19)24-12-8-6-11(7-9-12)15(23)21-13(14(20)22)10-4-2-1-3-5-10/h1-9,13H,(H2,20,22)(H,21,23). The Morgan fingerprint density at radius 3 is 2.08 bits per heavy atom. The smallest absolute Gasteiger partial charge is 0.368 e. The third-order valence-electron chi connectivity index (χ3n) is 3.04. The first-order valence-corrected chi connectivity index (χ1v) is 7.59. The fourth-order valence-electron chi connectivity index (χ4n) is 1.99. The number of carbonyl (C=O) groups excluding carboxylic acids is 2. The van der Waals surface area contributed by atoms with Crippen molar-refractivity contribution in [2.75, 3.05) is 0 Å². The van der Waals surface area contributed by atoms with Crippen molar-refractivity contribution in [3.05, 3.63) is 65.7 Å². The van der Waals surface area contributed by atoms with E-state index in [0.29, 0.717) is 5.56 Å². The maximum atomic E-state index is 12.3. The summed E-state index contributed by atoms with van der Waals surface area (Å²) in [5.41, 5.74) is 1.56. The second-order valence-electron chi connectivity index (χ2n) is 4.79. The number of rotatable bonds is 5. The van der Waals surface area contributed by atoms with Gasteiger partial charge in [-0.05, 0) is 41.6 Å². The van der Waals surface area contributed by atoms with Crippen molar-refractivity contribution in [1.29, 1.82) is 0 Å². The summed E-state index contributed by atoms with van der Waals surface area (Å²) < 4.78 is 36.8. The minimum atomic E-state index is -4.39. The van der Waals surface area contributed by atoms with Gasteiger partial charge < -0.3 is 11.1 Å². The average Bonchev–Trinajstić information content (AvgIpc) is 2.52. The van der Waals surface area contributed by atoms with Crippen molar-refractivity contribution in [3.63, 3.8) is 0 Å². The number of thioether (sulfide) groups is 1. The van der Waals surface area contributed by atoms with Crippen molar-refractivity contribution in [2.45, 2.75) is 16.4 Å². The van der Waals surface area contributed by atoms with E-state index in [9.17, 15) is 22.8 Å². The predicted octanol–water partition coefficient (Wildman–Crippen LogP) is 3.25. The SMILES string of the molecule is NC(=O)C(NC(=O)c1ccc(SC(F)(F)F)cc1)c1ccccc1. The number of benzene rings is 2. The number of hydrogen-bond acceptors (Lipinski definition) is 3. The van der Waals surface area contributed by atoms with Crippen molar-refractivity contribution in [3.8, 4) is 0 Å².